The van der Waals surface area contributed by atoms with Crippen molar-refractivity contribution in [3.8, 4) is 0 Å². The van der Waals surface area contributed by atoms with Crippen LogP contribution in [0, 0.1) is 5.41 Å². The summed E-state index contributed by atoms with van der Waals surface area (Å²) in [6, 6.07) is 0. The lowest BCUT2D eigenvalue weighted by atomic mass is 9.70. The molecule has 1 N–H and O–H groups in total. The fourth-order valence-electron chi connectivity index (χ4n) is 3.30. The molecule has 1 atom stereocenters. The summed E-state index contributed by atoms with van der Waals surface area (Å²) >= 11 is 0. The molecule has 0 amide bonds. The minimum absolute atomic E-state index is 0.350. The van der Waals surface area contributed by atoms with E-state index in [0.29, 0.717) is 5.41 Å². The lowest BCUT2D eigenvalue weighted by Crippen LogP contribution is -2.27. The molecule has 1 rings (SSSR count). The van der Waals surface area contributed by atoms with Crippen LogP contribution in [-0.4, -0.2) is 10.7 Å². The van der Waals surface area contributed by atoms with Crippen LogP contribution in [0.1, 0.15) is 86.0 Å². The fourth-order valence-corrected chi connectivity index (χ4v) is 3.30. The van der Waals surface area contributed by atoms with Crippen molar-refractivity contribution in [3.63, 3.8) is 0 Å². The second kappa shape index (κ2) is 6.23. The number of aliphatic hydroxyl groups is 1. The van der Waals surface area contributed by atoms with Crippen LogP contribution in [0.25, 0.3) is 0 Å². The van der Waals surface area contributed by atoms with Gasteiger partial charge in [-0.2, -0.15) is 0 Å². The van der Waals surface area contributed by atoms with Gasteiger partial charge in [0.05, 0.1) is 5.60 Å². The van der Waals surface area contributed by atoms with Crippen molar-refractivity contribution < 1.29 is 5.11 Å². The normalized spacial score (nSPS) is 23.0. The minimum Gasteiger partial charge on any atom is -0.390 e. The topological polar surface area (TPSA) is 20.2 Å². The molecule has 0 saturated carbocycles. The Bertz CT molecular complexity index is 297. The zero-order chi connectivity index (χ0) is 13.8. The summed E-state index contributed by atoms with van der Waals surface area (Å²) in [4.78, 5) is 0. The van der Waals surface area contributed by atoms with Gasteiger partial charge in [0.1, 0.15) is 0 Å². The maximum Gasteiger partial charge on any atom is 0.0622 e. The van der Waals surface area contributed by atoms with Gasteiger partial charge in [-0.15, -0.1) is 0 Å². The van der Waals surface area contributed by atoms with Crippen LogP contribution >= 0.6 is 0 Å². The average Bonchev–Trinajstić information content (AvgIpc) is 2.25. The smallest absolute Gasteiger partial charge is 0.0622 e. The Morgan fingerprint density at radius 3 is 2.50 bits per heavy atom. The number of hydrogen-bond donors (Lipinski definition) is 1. The number of hydrogen-bond acceptors (Lipinski definition) is 1. The standard InChI is InChI=1S/C17H32O/c1-6-7-12-17(5,18)13-10-15-14(2)9-8-11-16(15,3)4/h18H,6-13H2,1-5H3. The van der Waals surface area contributed by atoms with Crippen LogP contribution in [0.3, 0.4) is 0 Å². The molecule has 1 aliphatic rings. The van der Waals surface area contributed by atoms with Gasteiger partial charge in [0, 0.05) is 0 Å². The van der Waals surface area contributed by atoms with E-state index in [4.69, 9.17) is 0 Å². The van der Waals surface area contributed by atoms with Crippen molar-refractivity contribution in [2.24, 2.45) is 5.41 Å². The zero-order valence-electron chi connectivity index (χ0n) is 13.1. The van der Waals surface area contributed by atoms with Crippen molar-refractivity contribution in [3.05, 3.63) is 11.1 Å². The summed E-state index contributed by atoms with van der Waals surface area (Å²) < 4.78 is 0. The first-order chi connectivity index (χ1) is 8.28. The van der Waals surface area contributed by atoms with Gasteiger partial charge < -0.3 is 5.11 Å². The molecule has 18 heavy (non-hydrogen) atoms. The molecule has 1 unspecified atom stereocenters. The number of allylic oxidation sites excluding steroid dienone is 2. The molecule has 0 aromatic rings. The highest BCUT2D eigenvalue weighted by Gasteiger charge is 2.30. The van der Waals surface area contributed by atoms with E-state index in [9.17, 15) is 5.11 Å². The molecule has 1 aliphatic carbocycles. The summed E-state index contributed by atoms with van der Waals surface area (Å²) in [5.41, 5.74) is 3.07. The van der Waals surface area contributed by atoms with Crippen molar-refractivity contribution in [2.45, 2.75) is 91.6 Å². The van der Waals surface area contributed by atoms with Crippen molar-refractivity contribution in [1.29, 1.82) is 0 Å². The molecule has 1 heteroatoms. The molecule has 0 aliphatic heterocycles. The SMILES string of the molecule is CCCCC(C)(O)CCC1=C(C)CCCC1(C)C. The number of rotatable bonds is 6. The van der Waals surface area contributed by atoms with Gasteiger partial charge in [0.15, 0.2) is 0 Å². The molecule has 0 bridgehead atoms. The van der Waals surface area contributed by atoms with Gasteiger partial charge in [-0.05, 0) is 57.8 Å². The van der Waals surface area contributed by atoms with Crippen molar-refractivity contribution in [2.75, 3.05) is 0 Å². The largest absolute Gasteiger partial charge is 0.390 e. The van der Waals surface area contributed by atoms with E-state index in [-0.39, 0.29) is 0 Å². The molecule has 0 heterocycles. The van der Waals surface area contributed by atoms with E-state index in [1.54, 1.807) is 11.1 Å². The molecule has 0 spiro atoms. The lowest BCUT2D eigenvalue weighted by Gasteiger charge is -2.36. The first kappa shape index (κ1) is 15.8. The van der Waals surface area contributed by atoms with Gasteiger partial charge in [-0.25, -0.2) is 0 Å². The van der Waals surface area contributed by atoms with Crippen LogP contribution in [0.15, 0.2) is 11.1 Å². The lowest BCUT2D eigenvalue weighted by molar-refractivity contribution is 0.0386. The van der Waals surface area contributed by atoms with Gasteiger partial charge >= 0.3 is 0 Å². The Balaban J connectivity index is 2.61. The molecular formula is C17H32O. The van der Waals surface area contributed by atoms with Crippen LogP contribution in [-0.2, 0) is 0 Å². The highest BCUT2D eigenvalue weighted by molar-refractivity contribution is 5.22. The third-order valence-corrected chi connectivity index (χ3v) is 4.67. The van der Waals surface area contributed by atoms with E-state index in [1.807, 2.05) is 6.92 Å². The predicted octanol–water partition coefficient (Wildman–Crippen LogP) is 5.23. The van der Waals surface area contributed by atoms with Gasteiger partial charge in [-0.1, -0.05) is 44.8 Å². The van der Waals surface area contributed by atoms with Crippen molar-refractivity contribution >= 4 is 0 Å². The summed E-state index contributed by atoms with van der Waals surface area (Å²) in [7, 11) is 0. The molecule has 0 fully saturated rings. The highest BCUT2D eigenvalue weighted by atomic mass is 16.3. The Morgan fingerprint density at radius 2 is 1.94 bits per heavy atom. The Morgan fingerprint density at radius 1 is 1.28 bits per heavy atom. The third kappa shape index (κ3) is 4.42. The fraction of sp³-hybridized carbons (Fsp3) is 0.882. The maximum absolute atomic E-state index is 10.4. The maximum atomic E-state index is 10.4. The Labute approximate surface area is 114 Å². The third-order valence-electron chi connectivity index (χ3n) is 4.67. The molecular weight excluding hydrogens is 220 g/mol. The second-order valence-electron chi connectivity index (χ2n) is 7.10. The monoisotopic (exact) mass is 252 g/mol. The molecule has 1 nitrogen and oxygen atoms in total. The Hall–Kier alpha value is -0.300. The van der Waals surface area contributed by atoms with E-state index in [0.717, 1.165) is 25.7 Å². The van der Waals surface area contributed by atoms with Gasteiger partial charge in [-0.3, -0.25) is 0 Å². The summed E-state index contributed by atoms with van der Waals surface area (Å²) in [5, 5.41) is 10.4. The second-order valence-corrected chi connectivity index (χ2v) is 7.10. The van der Waals surface area contributed by atoms with E-state index in [2.05, 4.69) is 27.7 Å². The molecule has 0 saturated heterocycles. The molecule has 0 radical (unpaired) electrons. The Kier molecular flexibility index (Phi) is 5.46. The van der Waals surface area contributed by atoms with E-state index < -0.39 is 5.60 Å². The van der Waals surface area contributed by atoms with E-state index >= 15 is 0 Å². The average molecular weight is 252 g/mol. The summed E-state index contributed by atoms with van der Waals surface area (Å²) in [6.07, 6.45) is 9.13. The first-order valence-electron chi connectivity index (χ1n) is 7.70. The van der Waals surface area contributed by atoms with E-state index in [1.165, 1.54) is 25.7 Å². The highest BCUT2D eigenvalue weighted by Crippen LogP contribution is 2.43. The zero-order valence-corrected chi connectivity index (χ0v) is 13.1. The molecule has 0 aromatic carbocycles. The van der Waals surface area contributed by atoms with Gasteiger partial charge in [0.25, 0.3) is 0 Å². The van der Waals surface area contributed by atoms with Crippen LogP contribution in [0.2, 0.25) is 0 Å². The first-order valence-corrected chi connectivity index (χ1v) is 7.70. The quantitative estimate of drug-likeness (QED) is 0.641. The van der Waals surface area contributed by atoms with Crippen molar-refractivity contribution in [1.82, 2.24) is 0 Å². The van der Waals surface area contributed by atoms with Crippen LogP contribution < -0.4 is 0 Å². The minimum atomic E-state index is -0.475. The molecule has 0 aromatic heterocycles. The molecule has 106 valence electrons. The van der Waals surface area contributed by atoms with Gasteiger partial charge in [0.2, 0.25) is 0 Å². The predicted molar refractivity (Wildman–Crippen MR) is 79.7 cm³/mol. The van der Waals surface area contributed by atoms with Crippen LogP contribution in [0.5, 0.6) is 0 Å². The number of unbranched alkanes of at least 4 members (excludes halogenated alkanes) is 1. The summed E-state index contributed by atoms with van der Waals surface area (Å²) in [6.45, 7) is 11.2. The van der Waals surface area contributed by atoms with Crippen LogP contribution in [0.4, 0.5) is 0 Å². The summed E-state index contributed by atoms with van der Waals surface area (Å²) in [5.74, 6) is 0.